The molecule has 4 fully saturated rings. The van der Waals surface area contributed by atoms with Crippen LogP contribution in [0.2, 0.25) is 0 Å². The molecule has 0 amide bonds. The van der Waals surface area contributed by atoms with E-state index in [1.807, 2.05) is 20.8 Å². The molecule has 2 aromatic carbocycles. The fourth-order valence-corrected chi connectivity index (χ4v) is 10.9. The van der Waals surface area contributed by atoms with Crippen LogP contribution < -0.4 is 0 Å². The smallest absolute Gasteiger partial charge is 0.338 e. The van der Waals surface area contributed by atoms with Gasteiger partial charge in [-0.3, -0.25) is 0 Å². The molecule has 2 bridgehead atoms. The van der Waals surface area contributed by atoms with Crippen LogP contribution in [-0.4, -0.2) is 107 Å². The van der Waals surface area contributed by atoms with E-state index >= 15 is 0 Å². The number of carbonyl (C=O) groups is 2. The largest absolute Gasteiger partial charge is 0.462 e. The van der Waals surface area contributed by atoms with Crippen molar-refractivity contribution in [2.75, 3.05) is 13.2 Å². The Kier molecular flexibility index (Phi) is 11.0. The Balaban J connectivity index is 1.64. The maximum Gasteiger partial charge on any atom is 0.338 e. The fraction of sp³-hybridized carbons (Fsp3) is 0.610. The van der Waals surface area contributed by atoms with Crippen LogP contribution >= 0.6 is 22.6 Å². The van der Waals surface area contributed by atoms with Gasteiger partial charge in [0, 0.05) is 17.8 Å². The van der Waals surface area contributed by atoms with Gasteiger partial charge < -0.3 is 49.2 Å². The summed E-state index contributed by atoms with van der Waals surface area (Å²) >= 11 is 1.79. The Morgan fingerprint density at radius 1 is 0.963 bits per heavy atom. The molecule has 12 nitrogen and oxygen atoms in total. The lowest BCUT2D eigenvalue weighted by molar-refractivity contribution is -0.463. The van der Waals surface area contributed by atoms with E-state index in [4.69, 9.17) is 23.7 Å². The number of hydrogen-bond acceptors (Lipinski definition) is 12. The minimum atomic E-state index is -2.42. The lowest BCUT2D eigenvalue weighted by Gasteiger charge is -2.59. The van der Waals surface area contributed by atoms with Gasteiger partial charge in [0.1, 0.15) is 39.0 Å². The molecule has 2 saturated heterocycles. The first-order valence-corrected chi connectivity index (χ1v) is 19.6. The summed E-state index contributed by atoms with van der Waals surface area (Å²) in [6.45, 7) is 15.4. The second kappa shape index (κ2) is 14.5. The Hall–Kier alpha value is -2.47. The van der Waals surface area contributed by atoms with Gasteiger partial charge in [0.2, 0.25) is 0 Å². The first-order chi connectivity index (χ1) is 25.3. The number of aliphatic hydroxyl groups excluding tert-OH is 4. The molecule has 0 spiro atoms. The molecule has 2 aliphatic heterocycles. The highest BCUT2D eigenvalue weighted by atomic mass is 127. The molecule has 5 N–H and O–H groups in total. The number of hydrogen-bond donors (Lipinski definition) is 5. The van der Waals surface area contributed by atoms with Crippen LogP contribution in [-0.2, 0) is 23.7 Å². The summed E-state index contributed by atoms with van der Waals surface area (Å²) < 4.78 is 30.6. The summed E-state index contributed by atoms with van der Waals surface area (Å²) in [6, 6.07) is 16.7. The average Bonchev–Trinajstić information content (AvgIpc) is 3.53. The number of carbonyl (C=O) groups excluding carboxylic acids is 2. The van der Waals surface area contributed by atoms with Crippen LogP contribution in [0, 0.1) is 35.5 Å². The molecule has 54 heavy (non-hydrogen) atoms. The molecule has 15 atom stereocenters. The van der Waals surface area contributed by atoms with Crippen molar-refractivity contribution in [3.8, 4) is 0 Å². The van der Waals surface area contributed by atoms with Crippen molar-refractivity contribution in [2.24, 2.45) is 35.5 Å². The van der Waals surface area contributed by atoms with E-state index < -0.39 is 105 Å². The number of aliphatic hydroxyl groups is 5. The highest BCUT2D eigenvalue weighted by Gasteiger charge is 2.84. The number of rotatable bonds is 10. The van der Waals surface area contributed by atoms with Gasteiger partial charge in [-0.2, -0.15) is 0 Å². The lowest BCUT2D eigenvalue weighted by Crippen LogP contribution is -2.72. The van der Waals surface area contributed by atoms with Gasteiger partial charge in [-0.25, -0.2) is 9.59 Å². The minimum absolute atomic E-state index is 0.219. The molecule has 0 aromatic heterocycles. The van der Waals surface area contributed by atoms with Crippen LogP contribution in [0.1, 0.15) is 69.2 Å². The zero-order chi connectivity index (χ0) is 39.8. The number of esters is 2. The third kappa shape index (κ3) is 5.91. The van der Waals surface area contributed by atoms with Crippen molar-refractivity contribution in [3.63, 3.8) is 0 Å². The topological polar surface area (TPSA) is 181 Å². The molecule has 2 saturated carbocycles. The Morgan fingerprint density at radius 2 is 1.52 bits per heavy atom. The van der Waals surface area contributed by atoms with E-state index in [9.17, 15) is 35.1 Å². The van der Waals surface area contributed by atoms with E-state index in [2.05, 4.69) is 6.58 Å². The highest BCUT2D eigenvalue weighted by Crippen LogP contribution is 2.69. The second-order valence-electron chi connectivity index (χ2n) is 16.3. The van der Waals surface area contributed by atoms with Crippen LogP contribution in [0.4, 0.5) is 0 Å². The SMILES string of the molecule is C=C(C)[C@@]1(C)OC2([C@@H](C)O)O[C@@H]1[C@@H]1[C@H](O)[C@@](I)(CO)[C@@H](O)[C@@]3(O)[C@@H](C(C(C)C)C(C)[C@@H]3OC(=O)c3ccccc3)[C@]1([C@@H](C)COC(=O)c1ccccc1)O2. The predicted octanol–water partition coefficient (Wildman–Crippen LogP) is 4.05. The van der Waals surface area contributed by atoms with Crippen LogP contribution in [0.3, 0.4) is 0 Å². The summed E-state index contributed by atoms with van der Waals surface area (Å²) in [7, 11) is 0. The van der Waals surface area contributed by atoms with Gasteiger partial charge in [0.05, 0.1) is 36.0 Å². The van der Waals surface area contributed by atoms with Gasteiger partial charge in [-0.05, 0) is 68.4 Å². The Labute approximate surface area is 329 Å². The van der Waals surface area contributed by atoms with Crippen molar-refractivity contribution >= 4 is 34.5 Å². The summed E-state index contributed by atoms with van der Waals surface area (Å²) in [6.07, 6.45) is -7.64. The second-order valence-corrected chi connectivity index (χ2v) is 18.3. The van der Waals surface area contributed by atoms with Crippen LogP contribution in [0.25, 0.3) is 0 Å². The number of halogens is 1. The highest BCUT2D eigenvalue weighted by molar-refractivity contribution is 14.1. The van der Waals surface area contributed by atoms with Gasteiger partial charge in [-0.1, -0.05) is 93.3 Å². The van der Waals surface area contributed by atoms with E-state index in [1.54, 1.807) is 104 Å². The lowest BCUT2D eigenvalue weighted by atomic mass is 9.57. The number of alkyl halides is 1. The van der Waals surface area contributed by atoms with Gasteiger partial charge in [0.25, 0.3) is 0 Å². The number of fused-ring (bicyclic) bond motifs is 6. The molecule has 2 aliphatic carbocycles. The predicted molar refractivity (Wildman–Crippen MR) is 204 cm³/mol. The van der Waals surface area contributed by atoms with E-state index in [0.717, 1.165) is 0 Å². The summed E-state index contributed by atoms with van der Waals surface area (Å²) in [4.78, 5) is 27.3. The van der Waals surface area contributed by atoms with E-state index in [1.165, 1.54) is 6.92 Å². The molecular formula is C41H53IO12. The van der Waals surface area contributed by atoms with Crippen molar-refractivity contribution in [1.29, 1.82) is 0 Å². The Morgan fingerprint density at radius 3 is 2.02 bits per heavy atom. The fourth-order valence-electron chi connectivity index (χ4n) is 10.1. The average molecular weight is 865 g/mol. The van der Waals surface area contributed by atoms with E-state index in [0.29, 0.717) is 11.1 Å². The quantitative estimate of drug-likeness (QED) is 0.100. The third-order valence-electron chi connectivity index (χ3n) is 12.8. The van der Waals surface area contributed by atoms with E-state index in [-0.39, 0.29) is 18.1 Å². The third-order valence-corrected chi connectivity index (χ3v) is 14.4. The molecule has 3 unspecified atom stereocenters. The summed E-state index contributed by atoms with van der Waals surface area (Å²) in [5.74, 6) is -8.49. The molecule has 0 radical (unpaired) electrons. The molecule has 6 rings (SSSR count). The maximum atomic E-state index is 13.9. The normalized spacial score (nSPS) is 42.3. The zero-order valence-electron chi connectivity index (χ0n) is 31.7. The summed E-state index contributed by atoms with van der Waals surface area (Å²) in [5.41, 5.74) is -4.72. The summed E-state index contributed by atoms with van der Waals surface area (Å²) in [5, 5.41) is 61.9. The molecule has 2 heterocycles. The van der Waals surface area contributed by atoms with Crippen LogP contribution in [0.15, 0.2) is 72.8 Å². The van der Waals surface area contributed by atoms with Crippen LogP contribution in [0.5, 0.6) is 0 Å². The van der Waals surface area contributed by atoms with Crippen molar-refractivity contribution in [2.45, 2.75) is 105 Å². The van der Waals surface area contributed by atoms with Gasteiger partial charge >= 0.3 is 17.9 Å². The molecule has 13 heteroatoms. The number of ether oxygens (including phenoxy) is 5. The molecule has 296 valence electrons. The Bertz CT molecular complexity index is 1720. The first-order valence-electron chi connectivity index (χ1n) is 18.6. The van der Waals surface area contributed by atoms with Crippen molar-refractivity contribution in [1.82, 2.24) is 0 Å². The van der Waals surface area contributed by atoms with Gasteiger partial charge in [0.15, 0.2) is 0 Å². The molecule has 2 aromatic rings. The monoisotopic (exact) mass is 864 g/mol. The molecular weight excluding hydrogens is 811 g/mol. The minimum Gasteiger partial charge on any atom is -0.462 e. The maximum absolute atomic E-state index is 13.9. The van der Waals surface area contributed by atoms with Crippen molar-refractivity contribution < 1.29 is 58.8 Å². The first kappa shape index (κ1) is 41.2. The standard InChI is InChI=1S/C41H53IO12/c1-21(2)28-24(6)32(51-35(47)27-17-13-10-14-18-27)39(49)30(28)40(23(5)19-50-34(46)26-15-11-9-12-16-26)29(31(45)38(42,20-43)36(39)48)33-37(8,22(3)4)53-41(52-33,54-40)25(7)44/h9-18,21,23-25,28-33,36,43-45,48-49H,3,19-20H2,1-2,4-8H3/t23-,24?,25+,28?,29-,30+,31-,32-,33+,36+,37+,38-,39+,40+,41?/m0/s1. The molecule has 4 aliphatic rings. The van der Waals surface area contributed by atoms with Crippen molar-refractivity contribution in [3.05, 3.63) is 83.9 Å². The zero-order valence-corrected chi connectivity index (χ0v) is 33.9. The van der Waals surface area contributed by atoms with Gasteiger partial charge in [-0.15, -0.1) is 0 Å². The number of benzene rings is 2.